The van der Waals surface area contributed by atoms with Crippen molar-refractivity contribution in [1.82, 2.24) is 5.01 Å². The van der Waals surface area contributed by atoms with Crippen LogP contribution in [0.1, 0.15) is 42.1 Å². The van der Waals surface area contributed by atoms with E-state index in [-0.39, 0.29) is 16.3 Å². The first-order chi connectivity index (χ1) is 10.2. The Kier molecular flexibility index (Phi) is 4.28. The number of alkyl halides is 3. The van der Waals surface area contributed by atoms with Crippen molar-refractivity contribution in [2.24, 2.45) is 5.10 Å². The summed E-state index contributed by atoms with van der Waals surface area (Å²) in [7, 11) is 0. The van der Waals surface area contributed by atoms with Crippen molar-refractivity contribution in [3.63, 3.8) is 0 Å². The van der Waals surface area contributed by atoms with E-state index in [9.17, 15) is 23.1 Å². The highest BCUT2D eigenvalue weighted by Gasteiger charge is 2.63. The second-order valence-corrected chi connectivity index (χ2v) is 5.39. The van der Waals surface area contributed by atoms with Crippen molar-refractivity contribution >= 4 is 11.6 Å². The SMILES string of the molecule is CCCC1=NN(C(=O)c2ccc(C)cc2)[C@](O)(C(F)(F)F)C1. The fourth-order valence-corrected chi connectivity index (χ4v) is 2.30. The predicted octanol–water partition coefficient (Wildman–Crippen LogP) is 3.25. The molecule has 1 heterocycles. The second-order valence-electron chi connectivity index (χ2n) is 5.39. The maximum Gasteiger partial charge on any atom is 0.438 e. The number of carbonyl (C=O) groups is 1. The number of aliphatic hydroxyl groups is 1. The second kappa shape index (κ2) is 5.72. The number of nitrogens with zero attached hydrogens (tertiary/aromatic N) is 2. The largest absolute Gasteiger partial charge is 0.438 e. The van der Waals surface area contributed by atoms with E-state index in [2.05, 4.69) is 5.10 Å². The molecule has 22 heavy (non-hydrogen) atoms. The molecule has 2 rings (SSSR count). The zero-order valence-corrected chi connectivity index (χ0v) is 12.3. The van der Waals surface area contributed by atoms with Crippen molar-refractivity contribution in [3.05, 3.63) is 35.4 Å². The molecule has 1 aliphatic rings. The Bertz CT molecular complexity index is 596. The maximum atomic E-state index is 13.2. The lowest BCUT2D eigenvalue weighted by Crippen LogP contribution is -2.56. The minimum absolute atomic E-state index is 0.0507. The van der Waals surface area contributed by atoms with Crippen molar-refractivity contribution in [1.29, 1.82) is 0 Å². The van der Waals surface area contributed by atoms with Gasteiger partial charge in [0.25, 0.3) is 11.6 Å². The van der Waals surface area contributed by atoms with Crippen LogP contribution in [0.15, 0.2) is 29.4 Å². The molecule has 7 heteroatoms. The normalized spacial score (nSPS) is 21.9. The van der Waals surface area contributed by atoms with E-state index in [1.807, 2.05) is 0 Å². The number of hydrogen-bond acceptors (Lipinski definition) is 3. The molecule has 0 spiro atoms. The summed E-state index contributed by atoms with van der Waals surface area (Å²) in [5, 5.41) is 13.9. The third-order valence-corrected chi connectivity index (χ3v) is 3.53. The number of rotatable bonds is 3. The highest BCUT2D eigenvalue weighted by atomic mass is 19.4. The summed E-state index contributed by atoms with van der Waals surface area (Å²) in [6, 6.07) is 6.07. The summed E-state index contributed by atoms with van der Waals surface area (Å²) in [4.78, 5) is 12.3. The van der Waals surface area contributed by atoms with Gasteiger partial charge in [-0.3, -0.25) is 4.79 Å². The average Bonchev–Trinajstić information content (AvgIpc) is 2.77. The molecule has 0 bridgehead atoms. The van der Waals surface area contributed by atoms with Crippen LogP contribution in [-0.2, 0) is 0 Å². The lowest BCUT2D eigenvalue weighted by molar-refractivity contribution is -0.297. The van der Waals surface area contributed by atoms with Crippen molar-refractivity contribution < 1.29 is 23.1 Å². The topological polar surface area (TPSA) is 52.9 Å². The van der Waals surface area contributed by atoms with Crippen LogP contribution in [0, 0.1) is 6.92 Å². The summed E-state index contributed by atoms with van der Waals surface area (Å²) in [5.74, 6) is -0.967. The lowest BCUT2D eigenvalue weighted by atomic mass is 10.0. The molecular formula is C15H17F3N2O2. The molecule has 1 atom stereocenters. The van der Waals surface area contributed by atoms with Gasteiger partial charge in [-0.15, -0.1) is 0 Å². The van der Waals surface area contributed by atoms with Gasteiger partial charge in [0.1, 0.15) is 0 Å². The fourth-order valence-electron chi connectivity index (χ4n) is 2.30. The van der Waals surface area contributed by atoms with E-state index < -0.39 is 24.2 Å². The van der Waals surface area contributed by atoms with Gasteiger partial charge in [-0.05, 0) is 25.5 Å². The zero-order valence-electron chi connectivity index (χ0n) is 12.3. The number of hydrazone groups is 1. The van der Waals surface area contributed by atoms with Gasteiger partial charge in [-0.1, -0.05) is 31.0 Å². The number of aryl methyl sites for hydroxylation is 1. The highest BCUT2D eigenvalue weighted by molar-refractivity contribution is 5.98. The summed E-state index contributed by atoms with van der Waals surface area (Å²) < 4.78 is 39.7. The molecule has 0 saturated heterocycles. The molecule has 0 unspecified atom stereocenters. The Morgan fingerprint density at radius 2 is 1.95 bits per heavy atom. The molecule has 0 saturated carbocycles. The Hall–Kier alpha value is -1.89. The van der Waals surface area contributed by atoms with Crippen LogP contribution in [0.25, 0.3) is 0 Å². The molecule has 0 aromatic heterocycles. The first-order valence-electron chi connectivity index (χ1n) is 6.95. The number of benzene rings is 1. The third-order valence-electron chi connectivity index (χ3n) is 3.53. The molecule has 0 aliphatic carbocycles. The molecule has 1 aliphatic heterocycles. The highest BCUT2D eigenvalue weighted by Crippen LogP contribution is 2.41. The summed E-state index contributed by atoms with van der Waals surface area (Å²) >= 11 is 0. The van der Waals surface area contributed by atoms with Crippen molar-refractivity contribution in [3.8, 4) is 0 Å². The van der Waals surface area contributed by atoms with E-state index in [4.69, 9.17) is 0 Å². The van der Waals surface area contributed by atoms with Gasteiger partial charge in [0, 0.05) is 17.7 Å². The molecule has 0 fully saturated rings. The van der Waals surface area contributed by atoms with Crippen LogP contribution in [0.4, 0.5) is 13.2 Å². The Balaban J connectivity index is 2.39. The van der Waals surface area contributed by atoms with Crippen LogP contribution in [0.3, 0.4) is 0 Å². The van der Waals surface area contributed by atoms with Crippen LogP contribution in [-0.4, -0.2) is 33.6 Å². The number of amides is 1. The zero-order chi connectivity index (χ0) is 16.5. The monoisotopic (exact) mass is 314 g/mol. The average molecular weight is 314 g/mol. The number of hydrogen-bond donors (Lipinski definition) is 1. The summed E-state index contributed by atoms with van der Waals surface area (Å²) in [5.41, 5.74) is -2.18. The van der Waals surface area contributed by atoms with E-state index in [0.717, 1.165) is 5.56 Å². The van der Waals surface area contributed by atoms with Gasteiger partial charge in [-0.2, -0.15) is 23.3 Å². The molecule has 1 N–H and O–H groups in total. The summed E-state index contributed by atoms with van der Waals surface area (Å²) in [6.07, 6.45) is -4.80. The van der Waals surface area contributed by atoms with Crippen LogP contribution >= 0.6 is 0 Å². The fraction of sp³-hybridized carbons (Fsp3) is 0.467. The Labute approximate surface area is 126 Å². The van der Waals surface area contributed by atoms with E-state index in [1.54, 1.807) is 26.0 Å². The molecule has 1 amide bonds. The molecule has 120 valence electrons. The van der Waals surface area contributed by atoms with Crippen molar-refractivity contribution in [2.75, 3.05) is 0 Å². The third kappa shape index (κ3) is 2.85. The predicted molar refractivity (Wildman–Crippen MR) is 75.3 cm³/mol. The van der Waals surface area contributed by atoms with E-state index in [1.165, 1.54) is 12.1 Å². The van der Waals surface area contributed by atoms with Gasteiger partial charge >= 0.3 is 6.18 Å². The van der Waals surface area contributed by atoms with E-state index >= 15 is 0 Å². The minimum Gasteiger partial charge on any atom is -0.362 e. The molecule has 0 radical (unpaired) electrons. The first-order valence-corrected chi connectivity index (χ1v) is 6.95. The molecular weight excluding hydrogens is 297 g/mol. The lowest BCUT2D eigenvalue weighted by Gasteiger charge is -2.32. The number of halogens is 3. The van der Waals surface area contributed by atoms with Crippen LogP contribution in [0.5, 0.6) is 0 Å². The van der Waals surface area contributed by atoms with Gasteiger partial charge < -0.3 is 5.11 Å². The van der Waals surface area contributed by atoms with Gasteiger partial charge in [-0.25, -0.2) is 0 Å². The maximum absolute atomic E-state index is 13.2. The quantitative estimate of drug-likeness (QED) is 0.931. The molecule has 1 aromatic carbocycles. The molecule has 4 nitrogen and oxygen atoms in total. The standard InChI is InChI=1S/C15H17F3N2O2/c1-3-4-12-9-14(22,15(16,17)18)20(19-12)13(21)11-7-5-10(2)6-8-11/h5-8,22H,3-4,9H2,1-2H3/t14-/m1/s1. The molecule has 1 aromatic rings. The van der Waals surface area contributed by atoms with Crippen LogP contribution in [0.2, 0.25) is 0 Å². The van der Waals surface area contributed by atoms with E-state index in [0.29, 0.717) is 12.8 Å². The minimum atomic E-state index is -4.98. The van der Waals surface area contributed by atoms with Crippen molar-refractivity contribution in [2.45, 2.75) is 45.0 Å². The van der Waals surface area contributed by atoms with Gasteiger partial charge in [0.15, 0.2) is 0 Å². The van der Waals surface area contributed by atoms with Crippen LogP contribution < -0.4 is 0 Å². The number of carbonyl (C=O) groups excluding carboxylic acids is 1. The van der Waals surface area contributed by atoms with Gasteiger partial charge in [0.2, 0.25) is 0 Å². The van der Waals surface area contributed by atoms with Gasteiger partial charge in [0.05, 0.1) is 0 Å². The Morgan fingerprint density at radius 3 is 2.45 bits per heavy atom. The summed E-state index contributed by atoms with van der Waals surface area (Å²) in [6.45, 7) is 3.59. The smallest absolute Gasteiger partial charge is 0.362 e. The first kappa shape index (κ1) is 16.5. The Morgan fingerprint density at radius 1 is 1.36 bits per heavy atom.